The molecule has 24 heavy (non-hydrogen) atoms. The summed E-state index contributed by atoms with van der Waals surface area (Å²) in [5, 5.41) is 7.82. The predicted molar refractivity (Wildman–Crippen MR) is 92.4 cm³/mol. The number of hydrogen-bond donors (Lipinski definition) is 1. The maximum atomic E-state index is 5.93. The van der Waals surface area contributed by atoms with Crippen molar-refractivity contribution in [1.82, 2.24) is 24.6 Å². The van der Waals surface area contributed by atoms with E-state index >= 15 is 0 Å². The lowest BCUT2D eigenvalue weighted by Gasteiger charge is -2.17. The monoisotopic (exact) mass is 325 g/mol. The first kappa shape index (κ1) is 15.4. The van der Waals surface area contributed by atoms with Crippen molar-refractivity contribution in [1.29, 1.82) is 0 Å². The summed E-state index contributed by atoms with van der Waals surface area (Å²) in [6, 6.07) is 8.24. The van der Waals surface area contributed by atoms with E-state index in [1.807, 2.05) is 24.0 Å². The topological polar surface area (TPSA) is 56.9 Å². The van der Waals surface area contributed by atoms with Crippen LogP contribution in [0.2, 0.25) is 0 Å². The largest absolute Gasteiger partial charge is 0.373 e. The second-order valence-electron chi connectivity index (χ2n) is 6.49. The van der Waals surface area contributed by atoms with E-state index in [4.69, 9.17) is 9.72 Å². The number of hydrogen-bond acceptors (Lipinski definition) is 4. The Morgan fingerprint density at radius 2 is 2.17 bits per heavy atom. The molecule has 1 aliphatic rings. The first-order chi connectivity index (χ1) is 11.7. The molecule has 3 heterocycles. The minimum Gasteiger partial charge on any atom is -0.373 e. The van der Waals surface area contributed by atoms with E-state index in [-0.39, 0.29) is 6.10 Å². The van der Waals surface area contributed by atoms with E-state index < -0.39 is 0 Å². The summed E-state index contributed by atoms with van der Waals surface area (Å²) in [5.74, 6) is 1.54. The smallest absolute Gasteiger partial charge is 0.123 e. The summed E-state index contributed by atoms with van der Waals surface area (Å²) in [6.45, 7) is 2.50. The van der Waals surface area contributed by atoms with Gasteiger partial charge in [0.05, 0.1) is 29.9 Å². The number of nitrogens with zero attached hydrogens (tertiary/aromatic N) is 4. The second kappa shape index (κ2) is 6.37. The average Bonchev–Trinajstić information content (AvgIpc) is 3.28. The summed E-state index contributed by atoms with van der Waals surface area (Å²) in [5.41, 5.74) is 3.39. The Balaban J connectivity index is 1.40. The quantitative estimate of drug-likeness (QED) is 0.781. The average molecular weight is 325 g/mol. The lowest BCUT2D eigenvalue weighted by Crippen LogP contribution is -2.25. The molecule has 1 aliphatic heterocycles. The van der Waals surface area contributed by atoms with Gasteiger partial charge in [-0.15, -0.1) is 0 Å². The number of benzene rings is 1. The molecule has 2 atom stereocenters. The Bertz CT molecular complexity index is 837. The van der Waals surface area contributed by atoms with Crippen molar-refractivity contribution in [3.8, 4) is 0 Å². The molecule has 2 unspecified atom stereocenters. The summed E-state index contributed by atoms with van der Waals surface area (Å²) >= 11 is 0. The van der Waals surface area contributed by atoms with Gasteiger partial charge in [0.1, 0.15) is 5.82 Å². The number of ether oxygens (including phenoxy) is 1. The third kappa shape index (κ3) is 2.83. The van der Waals surface area contributed by atoms with Crippen molar-refractivity contribution in [2.24, 2.45) is 20.0 Å². The predicted octanol–water partition coefficient (Wildman–Crippen LogP) is 2.17. The zero-order valence-corrected chi connectivity index (χ0v) is 14.1. The van der Waals surface area contributed by atoms with Crippen LogP contribution in [-0.4, -0.2) is 32.5 Å². The molecule has 0 amide bonds. The van der Waals surface area contributed by atoms with Gasteiger partial charge < -0.3 is 14.6 Å². The number of aromatic nitrogens is 4. The Labute approximate surface area is 141 Å². The molecular weight excluding hydrogens is 302 g/mol. The summed E-state index contributed by atoms with van der Waals surface area (Å²) in [4.78, 5) is 4.71. The third-order valence-electron chi connectivity index (χ3n) is 4.84. The highest BCUT2D eigenvalue weighted by atomic mass is 16.5. The molecule has 0 aliphatic carbocycles. The number of imidazole rings is 1. The zero-order valence-electron chi connectivity index (χ0n) is 14.1. The number of fused-ring (bicyclic) bond motifs is 1. The van der Waals surface area contributed by atoms with Crippen LogP contribution in [0.25, 0.3) is 11.0 Å². The summed E-state index contributed by atoms with van der Waals surface area (Å²) in [6.07, 6.45) is 5.18. The third-order valence-corrected chi connectivity index (χ3v) is 4.84. The van der Waals surface area contributed by atoms with E-state index in [0.29, 0.717) is 5.92 Å². The number of aryl methyl sites for hydroxylation is 2. The van der Waals surface area contributed by atoms with Crippen LogP contribution in [0.15, 0.2) is 36.7 Å². The molecule has 6 heteroatoms. The highest BCUT2D eigenvalue weighted by Crippen LogP contribution is 2.33. The molecule has 3 aromatic rings. The van der Waals surface area contributed by atoms with Gasteiger partial charge in [-0.1, -0.05) is 12.1 Å². The Kier molecular flexibility index (Phi) is 4.08. The van der Waals surface area contributed by atoms with Crippen LogP contribution in [0.3, 0.4) is 0 Å². The van der Waals surface area contributed by atoms with Crippen LogP contribution < -0.4 is 5.32 Å². The molecule has 1 fully saturated rings. The molecule has 2 aromatic heterocycles. The molecular formula is C18H23N5O. The number of rotatable bonds is 5. The van der Waals surface area contributed by atoms with Gasteiger partial charge in [0.2, 0.25) is 0 Å². The van der Waals surface area contributed by atoms with Crippen molar-refractivity contribution < 1.29 is 4.74 Å². The molecule has 0 bridgehead atoms. The van der Waals surface area contributed by atoms with Crippen molar-refractivity contribution in [3.63, 3.8) is 0 Å². The lowest BCUT2D eigenvalue weighted by molar-refractivity contribution is 0.0903. The van der Waals surface area contributed by atoms with Crippen LogP contribution in [0, 0.1) is 5.92 Å². The summed E-state index contributed by atoms with van der Waals surface area (Å²) < 4.78 is 9.92. The van der Waals surface area contributed by atoms with E-state index in [1.54, 1.807) is 0 Å². The molecule has 4 rings (SSSR count). The van der Waals surface area contributed by atoms with E-state index in [0.717, 1.165) is 37.5 Å². The Morgan fingerprint density at radius 3 is 2.96 bits per heavy atom. The van der Waals surface area contributed by atoms with Gasteiger partial charge in [-0.25, -0.2) is 4.98 Å². The fourth-order valence-electron chi connectivity index (χ4n) is 3.52. The molecule has 0 radical (unpaired) electrons. The van der Waals surface area contributed by atoms with Crippen molar-refractivity contribution in [2.45, 2.75) is 19.1 Å². The number of para-hydroxylation sites is 2. The fraction of sp³-hybridized carbons (Fsp3) is 0.444. The maximum Gasteiger partial charge on any atom is 0.123 e. The van der Waals surface area contributed by atoms with Crippen molar-refractivity contribution in [3.05, 3.63) is 48.0 Å². The van der Waals surface area contributed by atoms with Crippen LogP contribution in [0.1, 0.15) is 23.9 Å². The highest BCUT2D eigenvalue weighted by molar-refractivity contribution is 5.75. The minimum absolute atomic E-state index is 0.145. The van der Waals surface area contributed by atoms with Gasteiger partial charge in [-0.2, -0.15) is 5.10 Å². The second-order valence-corrected chi connectivity index (χ2v) is 6.49. The van der Waals surface area contributed by atoms with Gasteiger partial charge in [-0.3, -0.25) is 4.68 Å². The molecule has 1 saturated heterocycles. The summed E-state index contributed by atoms with van der Waals surface area (Å²) in [7, 11) is 4.01. The van der Waals surface area contributed by atoms with Gasteiger partial charge in [0.25, 0.3) is 0 Å². The molecule has 6 nitrogen and oxygen atoms in total. The van der Waals surface area contributed by atoms with Crippen molar-refractivity contribution >= 4 is 11.0 Å². The first-order valence-electron chi connectivity index (χ1n) is 8.43. The SMILES string of the molecule is Cn1cc(C2OCCC2CNCc2nc3ccccc3n2C)cn1. The molecule has 0 spiro atoms. The normalized spacial score (nSPS) is 20.9. The molecule has 126 valence electrons. The molecule has 1 aromatic carbocycles. The van der Waals surface area contributed by atoms with Crippen LogP contribution in [0.4, 0.5) is 0 Å². The Hall–Kier alpha value is -2.18. The van der Waals surface area contributed by atoms with Gasteiger partial charge >= 0.3 is 0 Å². The number of nitrogens with one attached hydrogen (secondary N) is 1. The standard InChI is InChI=1S/C18H23N5O/c1-22-12-14(10-20-22)18-13(7-8-24-18)9-19-11-17-21-15-5-3-4-6-16(15)23(17)2/h3-6,10,12-13,18-19H,7-9,11H2,1-2H3. The van der Waals surface area contributed by atoms with Gasteiger partial charge in [-0.05, 0) is 18.6 Å². The highest BCUT2D eigenvalue weighted by Gasteiger charge is 2.30. The van der Waals surface area contributed by atoms with Gasteiger partial charge in [0, 0.05) is 44.9 Å². The molecule has 0 saturated carbocycles. The van der Waals surface area contributed by atoms with Crippen LogP contribution in [0.5, 0.6) is 0 Å². The zero-order chi connectivity index (χ0) is 16.5. The minimum atomic E-state index is 0.145. The van der Waals surface area contributed by atoms with Crippen LogP contribution in [-0.2, 0) is 25.4 Å². The van der Waals surface area contributed by atoms with E-state index in [2.05, 4.69) is 46.4 Å². The van der Waals surface area contributed by atoms with Crippen LogP contribution >= 0.6 is 0 Å². The maximum absolute atomic E-state index is 5.93. The van der Waals surface area contributed by atoms with Gasteiger partial charge in [0.15, 0.2) is 0 Å². The van der Waals surface area contributed by atoms with E-state index in [9.17, 15) is 0 Å². The first-order valence-corrected chi connectivity index (χ1v) is 8.43. The van der Waals surface area contributed by atoms with E-state index in [1.165, 1.54) is 11.1 Å². The fourth-order valence-corrected chi connectivity index (χ4v) is 3.52. The van der Waals surface area contributed by atoms with Crippen molar-refractivity contribution in [2.75, 3.05) is 13.2 Å². The Morgan fingerprint density at radius 1 is 1.29 bits per heavy atom. The lowest BCUT2D eigenvalue weighted by atomic mass is 9.97. The molecule has 1 N–H and O–H groups in total.